The lowest BCUT2D eigenvalue weighted by molar-refractivity contribution is -0.133. The topological polar surface area (TPSA) is 76.7 Å². The maximum Gasteiger partial charge on any atom is 0.279 e. The Labute approximate surface area is 159 Å². The van der Waals surface area contributed by atoms with Crippen LogP contribution < -0.4 is 20.3 Å². The molecular formula is C21H26N2O4. The maximum atomic E-state index is 12.2. The zero-order valence-electron chi connectivity index (χ0n) is 16.4. The molecule has 0 aliphatic rings. The zero-order valence-corrected chi connectivity index (χ0v) is 16.4. The molecule has 0 heterocycles. The highest BCUT2D eigenvalue weighted by atomic mass is 16.5. The van der Waals surface area contributed by atoms with Gasteiger partial charge in [-0.05, 0) is 56.9 Å². The van der Waals surface area contributed by atoms with Gasteiger partial charge in [0.2, 0.25) is 0 Å². The molecule has 1 atom stereocenters. The molecule has 27 heavy (non-hydrogen) atoms. The van der Waals surface area contributed by atoms with Crippen LogP contribution in [0, 0.1) is 27.7 Å². The monoisotopic (exact) mass is 370 g/mol. The number of hydrazine groups is 1. The lowest BCUT2D eigenvalue weighted by Gasteiger charge is -2.18. The average molecular weight is 370 g/mol. The number of amides is 2. The summed E-state index contributed by atoms with van der Waals surface area (Å²) in [6.45, 7) is 9.08. The first kappa shape index (κ1) is 20.3. The van der Waals surface area contributed by atoms with E-state index in [0.717, 1.165) is 22.3 Å². The summed E-state index contributed by atoms with van der Waals surface area (Å²) in [6, 6.07) is 11.5. The van der Waals surface area contributed by atoms with E-state index < -0.39 is 17.9 Å². The fourth-order valence-electron chi connectivity index (χ4n) is 2.65. The molecule has 0 radical (unpaired) electrons. The molecule has 2 rings (SSSR count). The van der Waals surface area contributed by atoms with Crippen LogP contribution in [0.25, 0.3) is 0 Å². The number of benzene rings is 2. The minimum absolute atomic E-state index is 0.196. The Balaban J connectivity index is 1.83. The van der Waals surface area contributed by atoms with Gasteiger partial charge in [-0.3, -0.25) is 20.4 Å². The number of hydrogen-bond donors (Lipinski definition) is 2. The second-order valence-corrected chi connectivity index (χ2v) is 6.53. The van der Waals surface area contributed by atoms with Crippen molar-refractivity contribution < 1.29 is 19.1 Å². The lowest BCUT2D eigenvalue weighted by atomic mass is 10.1. The third kappa shape index (κ3) is 5.48. The quantitative estimate of drug-likeness (QED) is 0.767. The molecule has 2 aromatic carbocycles. The summed E-state index contributed by atoms with van der Waals surface area (Å²) in [5.74, 6) is 0.443. The van der Waals surface area contributed by atoms with Crippen LogP contribution in [0.5, 0.6) is 11.5 Å². The van der Waals surface area contributed by atoms with Gasteiger partial charge in [0.15, 0.2) is 12.7 Å². The fourth-order valence-corrected chi connectivity index (χ4v) is 2.65. The van der Waals surface area contributed by atoms with Crippen LogP contribution in [-0.4, -0.2) is 24.5 Å². The highest BCUT2D eigenvalue weighted by molar-refractivity contribution is 5.85. The van der Waals surface area contributed by atoms with E-state index in [1.54, 1.807) is 6.92 Å². The molecule has 0 fully saturated rings. The van der Waals surface area contributed by atoms with E-state index in [-0.39, 0.29) is 6.61 Å². The molecule has 0 aliphatic carbocycles. The predicted molar refractivity (Wildman–Crippen MR) is 104 cm³/mol. The summed E-state index contributed by atoms with van der Waals surface area (Å²) in [5.41, 5.74) is 8.49. The van der Waals surface area contributed by atoms with E-state index in [9.17, 15) is 9.59 Å². The molecule has 0 spiro atoms. The summed E-state index contributed by atoms with van der Waals surface area (Å²) in [7, 11) is 0. The summed E-state index contributed by atoms with van der Waals surface area (Å²) in [5, 5.41) is 0. The number of aryl methyl sites for hydroxylation is 4. The highest BCUT2D eigenvalue weighted by Crippen LogP contribution is 2.23. The minimum atomic E-state index is -0.760. The molecule has 6 heteroatoms. The Morgan fingerprint density at radius 3 is 1.85 bits per heavy atom. The number of para-hydroxylation sites is 2. The molecule has 0 saturated heterocycles. The van der Waals surface area contributed by atoms with E-state index in [1.165, 1.54) is 0 Å². The Morgan fingerprint density at radius 1 is 0.852 bits per heavy atom. The van der Waals surface area contributed by atoms with Crippen molar-refractivity contribution in [2.75, 3.05) is 6.61 Å². The second-order valence-electron chi connectivity index (χ2n) is 6.53. The van der Waals surface area contributed by atoms with E-state index in [4.69, 9.17) is 9.47 Å². The standard InChI is InChI=1S/C21H26N2O4/c1-13-8-6-9-14(2)19(13)26-12-18(24)22-23-21(25)17(5)27-20-15(3)10-7-11-16(20)4/h6-11,17H,12H2,1-5H3,(H,22,24)(H,23,25). The fraction of sp³-hybridized carbons (Fsp3) is 0.333. The molecular weight excluding hydrogens is 344 g/mol. The third-order valence-electron chi connectivity index (χ3n) is 4.15. The molecule has 2 amide bonds. The SMILES string of the molecule is Cc1cccc(C)c1OCC(=O)NNC(=O)C(C)Oc1c(C)cccc1C. The second kappa shape index (κ2) is 9.07. The molecule has 0 bridgehead atoms. The lowest BCUT2D eigenvalue weighted by Crippen LogP contribution is -2.48. The van der Waals surface area contributed by atoms with Gasteiger partial charge in [-0.25, -0.2) is 0 Å². The molecule has 1 unspecified atom stereocenters. The molecule has 0 saturated carbocycles. The summed E-state index contributed by atoms with van der Waals surface area (Å²) >= 11 is 0. The first-order chi connectivity index (χ1) is 12.8. The number of carbonyl (C=O) groups excluding carboxylic acids is 2. The van der Waals surface area contributed by atoms with E-state index >= 15 is 0 Å². The van der Waals surface area contributed by atoms with Crippen LogP contribution >= 0.6 is 0 Å². The number of nitrogens with one attached hydrogen (secondary N) is 2. The van der Waals surface area contributed by atoms with Gasteiger partial charge in [0.1, 0.15) is 11.5 Å². The van der Waals surface area contributed by atoms with Gasteiger partial charge in [-0.2, -0.15) is 0 Å². The zero-order chi connectivity index (χ0) is 20.0. The van der Waals surface area contributed by atoms with Gasteiger partial charge in [-0.1, -0.05) is 36.4 Å². The average Bonchev–Trinajstić information content (AvgIpc) is 2.62. The Kier molecular flexibility index (Phi) is 6.82. The van der Waals surface area contributed by atoms with Crippen molar-refractivity contribution in [1.29, 1.82) is 0 Å². The number of carbonyl (C=O) groups is 2. The molecule has 0 aliphatic heterocycles. The molecule has 0 aromatic heterocycles. The van der Waals surface area contributed by atoms with Gasteiger partial charge >= 0.3 is 0 Å². The Morgan fingerprint density at radius 2 is 1.33 bits per heavy atom. The van der Waals surface area contributed by atoms with Crippen molar-refractivity contribution >= 4 is 11.8 Å². The smallest absolute Gasteiger partial charge is 0.279 e. The third-order valence-corrected chi connectivity index (χ3v) is 4.15. The first-order valence-electron chi connectivity index (χ1n) is 8.80. The molecule has 144 valence electrons. The van der Waals surface area contributed by atoms with Crippen LogP contribution in [0.4, 0.5) is 0 Å². The first-order valence-corrected chi connectivity index (χ1v) is 8.80. The van der Waals surface area contributed by atoms with Crippen LogP contribution in [0.3, 0.4) is 0 Å². The van der Waals surface area contributed by atoms with Crippen molar-refractivity contribution in [2.45, 2.75) is 40.7 Å². The summed E-state index contributed by atoms with van der Waals surface area (Å²) < 4.78 is 11.3. The normalized spacial score (nSPS) is 11.4. The number of rotatable bonds is 6. The molecule has 2 aromatic rings. The summed E-state index contributed by atoms with van der Waals surface area (Å²) in [4.78, 5) is 24.1. The van der Waals surface area contributed by atoms with Crippen LogP contribution in [0.2, 0.25) is 0 Å². The van der Waals surface area contributed by atoms with Gasteiger partial charge in [0.05, 0.1) is 0 Å². The highest BCUT2D eigenvalue weighted by Gasteiger charge is 2.17. The molecule has 2 N–H and O–H groups in total. The summed E-state index contributed by atoms with van der Waals surface area (Å²) in [6.07, 6.45) is -0.760. The Hall–Kier alpha value is -3.02. The predicted octanol–water partition coefficient (Wildman–Crippen LogP) is 2.91. The maximum absolute atomic E-state index is 12.2. The van der Waals surface area contributed by atoms with Gasteiger partial charge in [0, 0.05) is 0 Å². The molecule has 6 nitrogen and oxygen atoms in total. The van der Waals surface area contributed by atoms with Crippen molar-refractivity contribution in [1.82, 2.24) is 10.9 Å². The largest absolute Gasteiger partial charge is 0.483 e. The van der Waals surface area contributed by atoms with Gasteiger partial charge in [-0.15, -0.1) is 0 Å². The van der Waals surface area contributed by atoms with Crippen molar-refractivity contribution in [3.63, 3.8) is 0 Å². The van der Waals surface area contributed by atoms with Crippen molar-refractivity contribution in [2.24, 2.45) is 0 Å². The van der Waals surface area contributed by atoms with Crippen LogP contribution in [0.1, 0.15) is 29.2 Å². The van der Waals surface area contributed by atoms with E-state index in [2.05, 4.69) is 10.9 Å². The van der Waals surface area contributed by atoms with Crippen molar-refractivity contribution in [3.05, 3.63) is 58.7 Å². The van der Waals surface area contributed by atoms with Crippen LogP contribution in [-0.2, 0) is 9.59 Å². The van der Waals surface area contributed by atoms with E-state index in [0.29, 0.717) is 11.5 Å². The minimum Gasteiger partial charge on any atom is -0.483 e. The van der Waals surface area contributed by atoms with Gasteiger partial charge < -0.3 is 9.47 Å². The van der Waals surface area contributed by atoms with Crippen molar-refractivity contribution in [3.8, 4) is 11.5 Å². The van der Waals surface area contributed by atoms with Crippen LogP contribution in [0.15, 0.2) is 36.4 Å². The number of hydrogen-bond acceptors (Lipinski definition) is 4. The number of ether oxygens (including phenoxy) is 2. The van der Waals surface area contributed by atoms with Gasteiger partial charge in [0.25, 0.3) is 11.8 Å². The van der Waals surface area contributed by atoms with E-state index in [1.807, 2.05) is 64.1 Å². The Bertz CT molecular complexity index is 792.